The molecule has 3 aromatic heterocycles. The monoisotopic (exact) mass is 566 g/mol. The standard InChI is InChI=1S/C33H38N6O3/c1-20-31-30(37-32(39(31)16-15-35-20)22-11-9-21(10-12-22)19-34-2)23-13-14-25(29(17-23)42-5)36-33(40)27-18-24-26(38(27)3)7-6-8-28(24)41-4/h6-8,13-18,21-22,34H,9-12,19H2,1-5H3,(H,36,40). The first-order valence-corrected chi connectivity index (χ1v) is 14.5. The van der Waals surface area contributed by atoms with Crippen molar-refractivity contribution in [1.82, 2.24) is 24.3 Å². The summed E-state index contributed by atoms with van der Waals surface area (Å²) in [4.78, 5) is 23.3. The van der Waals surface area contributed by atoms with E-state index in [2.05, 4.69) is 20.0 Å². The lowest BCUT2D eigenvalue weighted by molar-refractivity contribution is 0.101. The van der Waals surface area contributed by atoms with E-state index in [-0.39, 0.29) is 5.91 Å². The van der Waals surface area contributed by atoms with E-state index in [1.54, 1.807) is 14.2 Å². The Morgan fingerprint density at radius 2 is 1.83 bits per heavy atom. The van der Waals surface area contributed by atoms with Crippen molar-refractivity contribution in [1.29, 1.82) is 0 Å². The van der Waals surface area contributed by atoms with Gasteiger partial charge < -0.3 is 24.7 Å². The van der Waals surface area contributed by atoms with Crippen LogP contribution in [0.2, 0.25) is 0 Å². The molecule has 0 unspecified atom stereocenters. The molecule has 218 valence electrons. The summed E-state index contributed by atoms with van der Waals surface area (Å²) in [6.45, 7) is 3.10. The van der Waals surface area contributed by atoms with Crippen LogP contribution in [-0.4, -0.2) is 52.7 Å². The highest BCUT2D eigenvalue weighted by Gasteiger charge is 2.27. The molecule has 2 N–H and O–H groups in total. The van der Waals surface area contributed by atoms with Crippen molar-refractivity contribution in [2.24, 2.45) is 13.0 Å². The molecule has 9 nitrogen and oxygen atoms in total. The predicted octanol–water partition coefficient (Wildman–Crippen LogP) is 5.96. The molecule has 1 amide bonds. The zero-order chi connectivity index (χ0) is 29.4. The van der Waals surface area contributed by atoms with Gasteiger partial charge in [-0.3, -0.25) is 14.2 Å². The second-order valence-corrected chi connectivity index (χ2v) is 11.2. The Hall–Kier alpha value is -4.37. The smallest absolute Gasteiger partial charge is 0.272 e. The van der Waals surface area contributed by atoms with Gasteiger partial charge in [0.05, 0.1) is 42.3 Å². The fourth-order valence-corrected chi connectivity index (χ4v) is 6.48. The lowest BCUT2D eigenvalue weighted by atomic mass is 9.81. The summed E-state index contributed by atoms with van der Waals surface area (Å²) in [6.07, 6.45) is 8.53. The molecule has 1 aliphatic carbocycles. The normalized spacial score (nSPS) is 17.1. The molecule has 0 saturated heterocycles. The van der Waals surface area contributed by atoms with Crippen LogP contribution < -0.4 is 20.1 Å². The lowest BCUT2D eigenvalue weighted by Gasteiger charge is -2.27. The second kappa shape index (κ2) is 11.5. The third-order valence-corrected chi connectivity index (χ3v) is 8.69. The number of aromatic nitrogens is 4. The topological polar surface area (TPSA) is 94.7 Å². The number of hydrogen-bond acceptors (Lipinski definition) is 6. The van der Waals surface area contributed by atoms with Crippen molar-refractivity contribution in [3.63, 3.8) is 0 Å². The van der Waals surface area contributed by atoms with Gasteiger partial charge in [-0.1, -0.05) is 12.1 Å². The molecular weight excluding hydrogens is 528 g/mol. The summed E-state index contributed by atoms with van der Waals surface area (Å²) in [7, 11) is 7.15. The number of methoxy groups -OCH3 is 2. The average molecular weight is 567 g/mol. The van der Waals surface area contributed by atoms with Gasteiger partial charge in [-0.05, 0) is 82.4 Å². The van der Waals surface area contributed by atoms with Crippen molar-refractivity contribution in [2.75, 3.05) is 33.1 Å². The Labute approximate surface area is 245 Å². The van der Waals surface area contributed by atoms with Gasteiger partial charge in [0.1, 0.15) is 23.0 Å². The number of nitrogens with zero attached hydrogens (tertiary/aromatic N) is 4. The van der Waals surface area contributed by atoms with Crippen molar-refractivity contribution in [3.8, 4) is 22.8 Å². The summed E-state index contributed by atoms with van der Waals surface area (Å²) >= 11 is 0. The van der Waals surface area contributed by atoms with E-state index < -0.39 is 0 Å². The van der Waals surface area contributed by atoms with Gasteiger partial charge in [-0.25, -0.2) is 4.98 Å². The van der Waals surface area contributed by atoms with Crippen LogP contribution in [0.15, 0.2) is 54.9 Å². The Morgan fingerprint density at radius 1 is 1.05 bits per heavy atom. The molecule has 0 radical (unpaired) electrons. The third kappa shape index (κ3) is 4.87. The average Bonchev–Trinajstić information content (AvgIpc) is 3.57. The summed E-state index contributed by atoms with van der Waals surface area (Å²) < 4.78 is 15.4. The maximum Gasteiger partial charge on any atom is 0.272 e. The van der Waals surface area contributed by atoms with E-state index >= 15 is 0 Å². The third-order valence-electron chi connectivity index (χ3n) is 8.69. The van der Waals surface area contributed by atoms with E-state index in [0.29, 0.717) is 23.0 Å². The van der Waals surface area contributed by atoms with E-state index in [0.717, 1.165) is 70.2 Å². The van der Waals surface area contributed by atoms with Gasteiger partial charge >= 0.3 is 0 Å². The van der Waals surface area contributed by atoms with Gasteiger partial charge in [-0.2, -0.15) is 0 Å². The van der Waals surface area contributed by atoms with Gasteiger partial charge in [0.15, 0.2) is 0 Å². The van der Waals surface area contributed by atoms with Crippen LogP contribution in [0.25, 0.3) is 27.7 Å². The predicted molar refractivity (Wildman–Crippen MR) is 166 cm³/mol. The number of rotatable bonds is 8. The van der Waals surface area contributed by atoms with Crippen LogP contribution >= 0.6 is 0 Å². The van der Waals surface area contributed by atoms with Crippen LogP contribution in [0.4, 0.5) is 5.69 Å². The number of amides is 1. The van der Waals surface area contributed by atoms with E-state index in [1.165, 1.54) is 12.8 Å². The molecule has 2 aromatic carbocycles. The maximum atomic E-state index is 13.4. The Balaban J connectivity index is 1.32. The first kappa shape index (κ1) is 27.8. The van der Waals surface area contributed by atoms with Crippen molar-refractivity contribution in [2.45, 2.75) is 38.5 Å². The van der Waals surface area contributed by atoms with Gasteiger partial charge in [0.2, 0.25) is 0 Å². The number of ether oxygens (including phenoxy) is 2. The van der Waals surface area contributed by atoms with Crippen LogP contribution in [0.5, 0.6) is 11.5 Å². The highest BCUT2D eigenvalue weighted by molar-refractivity contribution is 6.08. The number of carbonyl (C=O) groups is 1. The van der Waals surface area contributed by atoms with E-state index in [9.17, 15) is 4.79 Å². The Bertz CT molecular complexity index is 1760. The van der Waals surface area contributed by atoms with Crippen LogP contribution in [0.3, 0.4) is 0 Å². The van der Waals surface area contributed by atoms with Gasteiger partial charge in [0, 0.05) is 36.3 Å². The number of imidazole rings is 1. The molecule has 6 rings (SSSR count). The molecule has 1 saturated carbocycles. The van der Waals surface area contributed by atoms with Gasteiger partial charge in [0.25, 0.3) is 5.91 Å². The molecular formula is C33H38N6O3. The number of benzene rings is 2. The lowest BCUT2D eigenvalue weighted by Crippen LogP contribution is -2.24. The fraction of sp³-hybridized carbons (Fsp3) is 0.364. The Morgan fingerprint density at radius 3 is 2.57 bits per heavy atom. The molecule has 1 aliphatic rings. The molecule has 5 aromatic rings. The van der Waals surface area contributed by atoms with Crippen molar-refractivity contribution >= 4 is 28.0 Å². The first-order chi connectivity index (χ1) is 20.4. The molecule has 0 spiro atoms. The fourth-order valence-electron chi connectivity index (χ4n) is 6.48. The van der Waals surface area contributed by atoms with E-state index in [1.807, 2.05) is 80.4 Å². The maximum absolute atomic E-state index is 13.4. The summed E-state index contributed by atoms with van der Waals surface area (Å²) in [5, 5.41) is 7.26. The first-order valence-electron chi connectivity index (χ1n) is 14.5. The molecule has 0 atom stereocenters. The zero-order valence-electron chi connectivity index (χ0n) is 24.9. The molecule has 0 bridgehead atoms. The second-order valence-electron chi connectivity index (χ2n) is 11.2. The number of nitrogens with one attached hydrogen (secondary N) is 2. The molecule has 3 heterocycles. The number of aryl methyl sites for hydroxylation is 2. The zero-order valence-corrected chi connectivity index (χ0v) is 24.9. The van der Waals surface area contributed by atoms with Crippen LogP contribution in [0, 0.1) is 12.8 Å². The highest BCUT2D eigenvalue weighted by atomic mass is 16.5. The minimum absolute atomic E-state index is 0.231. The quantitative estimate of drug-likeness (QED) is 0.241. The molecule has 9 heteroatoms. The van der Waals surface area contributed by atoms with Crippen LogP contribution in [0.1, 0.15) is 53.6 Å². The van der Waals surface area contributed by atoms with Crippen molar-refractivity contribution in [3.05, 3.63) is 72.1 Å². The summed E-state index contributed by atoms with van der Waals surface area (Å²) in [5.41, 5.74) is 5.77. The van der Waals surface area contributed by atoms with E-state index in [4.69, 9.17) is 14.5 Å². The van der Waals surface area contributed by atoms with Gasteiger partial charge in [-0.15, -0.1) is 0 Å². The minimum atomic E-state index is -0.231. The highest BCUT2D eigenvalue weighted by Crippen LogP contribution is 2.39. The number of carbonyl (C=O) groups excluding carboxylic acids is 1. The number of anilines is 1. The molecule has 42 heavy (non-hydrogen) atoms. The number of fused-ring (bicyclic) bond motifs is 2. The molecule has 0 aliphatic heterocycles. The summed E-state index contributed by atoms with van der Waals surface area (Å²) in [6, 6.07) is 13.5. The summed E-state index contributed by atoms with van der Waals surface area (Å²) in [5.74, 6) is 3.28. The van der Waals surface area contributed by atoms with Crippen molar-refractivity contribution < 1.29 is 14.3 Å². The van der Waals surface area contributed by atoms with Crippen LogP contribution in [-0.2, 0) is 7.05 Å². The SMILES string of the molecule is CNCC1CCC(c2nc(-c3ccc(NC(=O)c4cc5c(OC)cccc5n4C)c(OC)c3)c3c(C)nccn23)CC1. The molecule has 1 fully saturated rings. The minimum Gasteiger partial charge on any atom is -0.496 e. The number of hydrogen-bond donors (Lipinski definition) is 2. The largest absolute Gasteiger partial charge is 0.496 e. The Kier molecular flexibility index (Phi) is 7.60.